The van der Waals surface area contributed by atoms with Crippen LogP contribution in [0.4, 0.5) is 13.2 Å². The minimum atomic E-state index is -6.00. The number of carbonyl (C=O) groups excluding carboxylic acids is 1. The van der Waals surface area contributed by atoms with Crippen molar-refractivity contribution in [3.63, 3.8) is 0 Å². The van der Waals surface area contributed by atoms with Gasteiger partial charge in [-0.25, -0.2) is 9.31 Å². The Bertz CT molecular complexity index is 862. The van der Waals surface area contributed by atoms with E-state index in [2.05, 4.69) is 14.0 Å². The molecule has 0 unspecified atom stereocenters. The van der Waals surface area contributed by atoms with Crippen LogP contribution in [0.25, 0.3) is 5.52 Å². The topological polar surface area (TPSA) is 87.0 Å². The number of halogens is 4. The zero-order valence-electron chi connectivity index (χ0n) is 11.3. The van der Waals surface area contributed by atoms with E-state index in [4.69, 9.17) is 11.6 Å². The number of aromatic nitrogens is 2. The Balaban J connectivity index is 2.67. The molecule has 0 radical (unpaired) electrons. The van der Waals surface area contributed by atoms with Crippen LogP contribution in [0.2, 0.25) is 5.02 Å². The molecule has 0 aliphatic rings. The fourth-order valence-electron chi connectivity index (χ4n) is 1.60. The van der Waals surface area contributed by atoms with Crippen molar-refractivity contribution in [2.75, 3.05) is 6.61 Å². The zero-order chi connectivity index (χ0) is 17.4. The maximum absolute atomic E-state index is 12.5. The van der Waals surface area contributed by atoms with Gasteiger partial charge in [0.2, 0.25) is 0 Å². The van der Waals surface area contributed by atoms with Crippen molar-refractivity contribution in [1.29, 1.82) is 0 Å². The lowest BCUT2D eigenvalue weighted by molar-refractivity contribution is -0.0500. The van der Waals surface area contributed by atoms with Crippen LogP contribution in [0.15, 0.2) is 18.5 Å². The molecule has 2 heterocycles. The third kappa shape index (κ3) is 3.34. The van der Waals surface area contributed by atoms with Gasteiger partial charge in [-0.05, 0) is 13.0 Å². The van der Waals surface area contributed by atoms with Gasteiger partial charge in [0, 0.05) is 6.20 Å². The highest BCUT2D eigenvalue weighted by Crippen LogP contribution is 2.33. The summed E-state index contributed by atoms with van der Waals surface area (Å²) in [6, 6.07) is 1.10. The third-order valence-electron chi connectivity index (χ3n) is 2.53. The Morgan fingerprint density at radius 1 is 1.43 bits per heavy atom. The van der Waals surface area contributed by atoms with Crippen molar-refractivity contribution in [2.45, 2.75) is 12.4 Å². The number of fused-ring (bicyclic) bond motifs is 1. The third-order valence-corrected chi connectivity index (χ3v) is 3.69. The number of hydrogen-bond donors (Lipinski definition) is 0. The van der Waals surface area contributed by atoms with Crippen LogP contribution in [0.3, 0.4) is 0 Å². The number of nitrogens with zero attached hydrogens (tertiary/aromatic N) is 2. The van der Waals surface area contributed by atoms with E-state index in [1.54, 1.807) is 0 Å². The van der Waals surface area contributed by atoms with Gasteiger partial charge in [0.05, 0.1) is 17.8 Å². The van der Waals surface area contributed by atoms with E-state index in [9.17, 15) is 26.4 Å². The highest BCUT2D eigenvalue weighted by Gasteiger charge is 2.49. The first kappa shape index (κ1) is 17.3. The lowest BCUT2D eigenvalue weighted by Crippen LogP contribution is -2.29. The van der Waals surface area contributed by atoms with Gasteiger partial charge in [0.25, 0.3) is 0 Å². The second-order valence-electron chi connectivity index (χ2n) is 4.08. The Hall–Kier alpha value is -2.01. The molecular formula is C11H8ClF3N2O5S. The predicted molar refractivity (Wildman–Crippen MR) is 71.8 cm³/mol. The van der Waals surface area contributed by atoms with E-state index < -0.39 is 32.9 Å². The van der Waals surface area contributed by atoms with Crippen molar-refractivity contribution in [3.8, 4) is 5.75 Å². The largest absolute Gasteiger partial charge is 0.534 e. The summed E-state index contributed by atoms with van der Waals surface area (Å²) in [5.41, 5.74) is -6.49. The number of rotatable bonds is 4. The van der Waals surface area contributed by atoms with Crippen molar-refractivity contribution in [3.05, 3.63) is 29.0 Å². The van der Waals surface area contributed by atoms with Crippen LogP contribution in [-0.4, -0.2) is 36.1 Å². The number of ether oxygens (including phenoxy) is 1. The number of carbonyl (C=O) groups is 1. The van der Waals surface area contributed by atoms with Crippen molar-refractivity contribution in [2.24, 2.45) is 0 Å². The summed E-state index contributed by atoms with van der Waals surface area (Å²) < 4.78 is 69.8. The predicted octanol–water partition coefficient (Wildman–Crippen LogP) is 2.39. The summed E-state index contributed by atoms with van der Waals surface area (Å²) in [4.78, 5) is 11.8. The van der Waals surface area contributed by atoms with Gasteiger partial charge < -0.3 is 8.92 Å². The molecule has 0 amide bonds. The molecule has 0 saturated heterocycles. The van der Waals surface area contributed by atoms with Crippen LogP contribution >= 0.6 is 11.6 Å². The summed E-state index contributed by atoms with van der Waals surface area (Å²) in [6.07, 6.45) is 2.02. The van der Waals surface area contributed by atoms with Crippen LogP contribution in [0.5, 0.6) is 5.75 Å². The fourth-order valence-corrected chi connectivity index (χ4v) is 2.29. The lowest BCUT2D eigenvalue weighted by atomic mass is 10.2. The molecule has 0 aliphatic heterocycles. The molecule has 0 aromatic carbocycles. The molecule has 0 spiro atoms. The van der Waals surface area contributed by atoms with Crippen LogP contribution in [0, 0.1) is 0 Å². The molecule has 2 rings (SSSR count). The normalized spacial score (nSPS) is 12.4. The fraction of sp³-hybridized carbons (Fsp3) is 0.273. The van der Waals surface area contributed by atoms with Crippen LogP contribution in [-0.2, 0) is 14.9 Å². The Labute approximate surface area is 132 Å². The van der Waals surface area contributed by atoms with E-state index in [0.29, 0.717) is 0 Å². The highest BCUT2D eigenvalue weighted by atomic mass is 35.5. The van der Waals surface area contributed by atoms with E-state index in [1.807, 2.05) is 0 Å². The van der Waals surface area contributed by atoms with E-state index in [-0.39, 0.29) is 17.1 Å². The first-order valence-electron chi connectivity index (χ1n) is 5.91. The monoisotopic (exact) mass is 372 g/mol. The first-order valence-corrected chi connectivity index (χ1v) is 7.70. The molecule has 0 aliphatic carbocycles. The Morgan fingerprint density at radius 3 is 2.65 bits per heavy atom. The van der Waals surface area contributed by atoms with Gasteiger partial charge in [-0.2, -0.15) is 26.7 Å². The van der Waals surface area contributed by atoms with Crippen LogP contribution in [0.1, 0.15) is 17.3 Å². The second-order valence-corrected chi connectivity index (χ2v) is 6.05. The average Bonchev–Trinajstić information content (AvgIpc) is 2.78. The average molecular weight is 373 g/mol. The molecule has 0 bridgehead atoms. The SMILES string of the molecule is CCOC(=O)c1cnn2cc(Cl)cc2c1OS(=O)(=O)C(F)(F)F. The van der Waals surface area contributed by atoms with E-state index in [1.165, 1.54) is 13.1 Å². The molecule has 2 aromatic rings. The van der Waals surface area contributed by atoms with Crippen LogP contribution < -0.4 is 4.18 Å². The van der Waals surface area contributed by atoms with Gasteiger partial charge in [-0.3, -0.25) is 0 Å². The molecular weight excluding hydrogens is 365 g/mol. The number of hydrogen-bond acceptors (Lipinski definition) is 6. The van der Waals surface area contributed by atoms with Gasteiger partial charge >= 0.3 is 21.6 Å². The van der Waals surface area contributed by atoms with Gasteiger partial charge in [0.15, 0.2) is 5.75 Å². The zero-order valence-corrected chi connectivity index (χ0v) is 12.9. The molecule has 0 fully saturated rings. The van der Waals surface area contributed by atoms with Gasteiger partial charge in [0.1, 0.15) is 11.1 Å². The van der Waals surface area contributed by atoms with Gasteiger partial charge in [-0.1, -0.05) is 11.6 Å². The summed E-state index contributed by atoms with van der Waals surface area (Å²) in [6.45, 7) is 1.38. The minimum absolute atomic E-state index is 0.0489. The molecule has 7 nitrogen and oxygen atoms in total. The first-order chi connectivity index (χ1) is 10.6. The minimum Gasteiger partial charge on any atom is -0.462 e. The second kappa shape index (κ2) is 5.89. The van der Waals surface area contributed by atoms with Crippen molar-refractivity contribution >= 4 is 33.2 Å². The number of esters is 1. The Morgan fingerprint density at radius 2 is 2.09 bits per heavy atom. The molecule has 0 saturated carbocycles. The number of alkyl halides is 3. The lowest BCUT2D eigenvalue weighted by Gasteiger charge is -2.13. The molecule has 23 heavy (non-hydrogen) atoms. The smallest absolute Gasteiger partial charge is 0.462 e. The summed E-state index contributed by atoms with van der Waals surface area (Å²) in [7, 11) is -6.00. The molecule has 0 atom stereocenters. The summed E-state index contributed by atoms with van der Waals surface area (Å²) in [5.74, 6) is -1.96. The Kier molecular flexibility index (Phi) is 4.44. The summed E-state index contributed by atoms with van der Waals surface area (Å²) >= 11 is 5.71. The van der Waals surface area contributed by atoms with Gasteiger partial charge in [-0.15, -0.1) is 0 Å². The maximum atomic E-state index is 12.5. The molecule has 0 N–H and O–H groups in total. The van der Waals surface area contributed by atoms with E-state index >= 15 is 0 Å². The van der Waals surface area contributed by atoms with Crippen molar-refractivity contribution < 1.29 is 35.3 Å². The standard InChI is InChI=1S/C11H8ClF3N2O5S/c1-2-21-10(18)7-4-16-17-5-6(12)3-8(17)9(7)22-23(19,20)11(13,14)15/h3-5H,2H2,1H3. The highest BCUT2D eigenvalue weighted by molar-refractivity contribution is 7.88. The van der Waals surface area contributed by atoms with Crippen molar-refractivity contribution in [1.82, 2.24) is 9.61 Å². The molecule has 126 valence electrons. The quantitative estimate of drug-likeness (QED) is 0.465. The molecule has 2 aromatic heterocycles. The maximum Gasteiger partial charge on any atom is 0.534 e. The summed E-state index contributed by atoms with van der Waals surface area (Å²) in [5, 5.41) is 3.78. The van der Waals surface area contributed by atoms with E-state index in [0.717, 1.165) is 16.8 Å². The molecule has 12 heteroatoms.